The van der Waals surface area contributed by atoms with Crippen molar-refractivity contribution in [3.8, 4) is 5.75 Å². The standard InChI is InChI=1S/C18H19F3N2O2/c19-18(20,21)16(13-4-2-1-3-5-13)12-17(24)23-14-6-8-15(9-7-14)25-11-10-22/h1-9,16H,10-12,22H2,(H,23,24). The molecule has 7 heteroatoms. The molecule has 0 fully saturated rings. The Morgan fingerprint density at radius 3 is 2.28 bits per heavy atom. The third-order valence-corrected chi connectivity index (χ3v) is 3.51. The fourth-order valence-electron chi connectivity index (χ4n) is 2.32. The molecule has 1 unspecified atom stereocenters. The van der Waals surface area contributed by atoms with E-state index in [0.29, 0.717) is 24.6 Å². The lowest BCUT2D eigenvalue weighted by Crippen LogP contribution is -2.26. The highest BCUT2D eigenvalue weighted by Gasteiger charge is 2.41. The van der Waals surface area contributed by atoms with Gasteiger partial charge in [-0.05, 0) is 29.8 Å². The predicted octanol–water partition coefficient (Wildman–Crippen LogP) is 3.70. The maximum Gasteiger partial charge on any atom is 0.396 e. The lowest BCUT2D eigenvalue weighted by Gasteiger charge is -2.20. The SMILES string of the molecule is NCCOc1ccc(NC(=O)CC(c2ccccc2)C(F)(F)F)cc1. The van der Waals surface area contributed by atoms with Crippen LogP contribution in [0.2, 0.25) is 0 Å². The number of benzene rings is 2. The van der Waals surface area contributed by atoms with Gasteiger partial charge in [0.05, 0.1) is 5.92 Å². The lowest BCUT2D eigenvalue weighted by atomic mass is 9.95. The van der Waals surface area contributed by atoms with E-state index >= 15 is 0 Å². The molecule has 0 saturated carbocycles. The zero-order valence-corrected chi connectivity index (χ0v) is 13.4. The number of alkyl halides is 3. The number of ether oxygens (including phenoxy) is 1. The van der Waals surface area contributed by atoms with Crippen molar-refractivity contribution in [2.45, 2.75) is 18.5 Å². The number of hydrogen-bond donors (Lipinski definition) is 2. The van der Waals surface area contributed by atoms with Gasteiger partial charge in [0.15, 0.2) is 0 Å². The van der Waals surface area contributed by atoms with E-state index in [1.54, 1.807) is 30.3 Å². The van der Waals surface area contributed by atoms with Crippen LogP contribution in [0, 0.1) is 0 Å². The van der Waals surface area contributed by atoms with Crippen molar-refractivity contribution in [1.29, 1.82) is 0 Å². The number of nitrogens with two attached hydrogens (primary N) is 1. The Morgan fingerprint density at radius 1 is 1.08 bits per heavy atom. The van der Waals surface area contributed by atoms with E-state index < -0.39 is 24.4 Å². The molecular weight excluding hydrogens is 333 g/mol. The highest BCUT2D eigenvalue weighted by molar-refractivity contribution is 5.91. The van der Waals surface area contributed by atoms with Crippen molar-refractivity contribution in [2.75, 3.05) is 18.5 Å². The van der Waals surface area contributed by atoms with Crippen LogP contribution in [0.15, 0.2) is 54.6 Å². The van der Waals surface area contributed by atoms with Crippen LogP contribution in [-0.4, -0.2) is 25.2 Å². The fourth-order valence-corrected chi connectivity index (χ4v) is 2.32. The van der Waals surface area contributed by atoms with E-state index in [1.165, 1.54) is 24.3 Å². The third-order valence-electron chi connectivity index (χ3n) is 3.51. The first-order valence-corrected chi connectivity index (χ1v) is 7.74. The number of halogens is 3. The minimum atomic E-state index is -4.50. The molecule has 0 aliphatic heterocycles. The number of rotatable bonds is 7. The molecule has 25 heavy (non-hydrogen) atoms. The number of anilines is 1. The molecule has 2 aromatic rings. The van der Waals surface area contributed by atoms with Crippen molar-refractivity contribution in [3.63, 3.8) is 0 Å². The van der Waals surface area contributed by atoms with E-state index in [4.69, 9.17) is 10.5 Å². The van der Waals surface area contributed by atoms with Gasteiger partial charge in [-0.15, -0.1) is 0 Å². The summed E-state index contributed by atoms with van der Waals surface area (Å²) < 4.78 is 45.1. The quantitative estimate of drug-likeness (QED) is 0.799. The number of hydrogen-bond acceptors (Lipinski definition) is 3. The Hall–Kier alpha value is -2.54. The van der Waals surface area contributed by atoms with E-state index in [2.05, 4.69) is 5.32 Å². The van der Waals surface area contributed by atoms with Gasteiger partial charge in [-0.1, -0.05) is 30.3 Å². The first kappa shape index (κ1) is 18.8. The summed E-state index contributed by atoms with van der Waals surface area (Å²) in [4.78, 5) is 12.0. The third kappa shape index (κ3) is 5.79. The number of nitrogens with one attached hydrogen (secondary N) is 1. The zero-order valence-electron chi connectivity index (χ0n) is 13.4. The van der Waals surface area contributed by atoms with Gasteiger partial charge in [0, 0.05) is 18.7 Å². The van der Waals surface area contributed by atoms with E-state index in [1.807, 2.05) is 0 Å². The van der Waals surface area contributed by atoms with Crippen LogP contribution in [-0.2, 0) is 4.79 Å². The summed E-state index contributed by atoms with van der Waals surface area (Å²) >= 11 is 0. The van der Waals surface area contributed by atoms with Crippen LogP contribution in [0.1, 0.15) is 17.9 Å². The first-order valence-electron chi connectivity index (χ1n) is 7.74. The Bertz CT molecular complexity index is 673. The Balaban J connectivity index is 2.02. The summed E-state index contributed by atoms with van der Waals surface area (Å²) in [5, 5.41) is 2.48. The average molecular weight is 352 g/mol. The monoisotopic (exact) mass is 352 g/mol. The molecule has 0 aliphatic rings. The zero-order chi connectivity index (χ0) is 18.3. The molecule has 134 valence electrons. The summed E-state index contributed by atoms with van der Waals surface area (Å²) in [6.45, 7) is 0.729. The molecule has 0 aromatic heterocycles. The van der Waals surface area contributed by atoms with Crippen LogP contribution < -0.4 is 15.8 Å². The second-order valence-electron chi connectivity index (χ2n) is 5.42. The van der Waals surface area contributed by atoms with Crippen molar-refractivity contribution in [1.82, 2.24) is 0 Å². The van der Waals surface area contributed by atoms with E-state index in [9.17, 15) is 18.0 Å². The second kappa shape index (κ2) is 8.53. The van der Waals surface area contributed by atoms with Crippen LogP contribution in [0.4, 0.5) is 18.9 Å². The van der Waals surface area contributed by atoms with Gasteiger partial charge in [0.2, 0.25) is 5.91 Å². The van der Waals surface area contributed by atoms with Gasteiger partial charge in [-0.25, -0.2) is 0 Å². The maximum atomic E-state index is 13.3. The second-order valence-corrected chi connectivity index (χ2v) is 5.42. The molecular formula is C18H19F3N2O2. The summed E-state index contributed by atoms with van der Waals surface area (Å²) in [6.07, 6.45) is -5.18. The van der Waals surface area contributed by atoms with Gasteiger partial charge < -0.3 is 15.8 Å². The molecule has 0 spiro atoms. The summed E-state index contributed by atoms with van der Waals surface area (Å²) in [7, 11) is 0. The maximum absolute atomic E-state index is 13.3. The summed E-state index contributed by atoms with van der Waals surface area (Å²) in [5.41, 5.74) is 5.80. The molecule has 0 saturated heterocycles. The van der Waals surface area contributed by atoms with Gasteiger partial charge in [-0.2, -0.15) is 13.2 Å². The molecule has 1 atom stereocenters. The summed E-state index contributed by atoms with van der Waals surface area (Å²) in [5.74, 6) is -1.98. The molecule has 0 heterocycles. The summed E-state index contributed by atoms with van der Waals surface area (Å²) in [6, 6.07) is 13.8. The highest BCUT2D eigenvalue weighted by Crippen LogP contribution is 2.37. The minimum absolute atomic E-state index is 0.0654. The molecule has 0 aliphatic carbocycles. The normalized spacial score (nSPS) is 12.5. The Morgan fingerprint density at radius 2 is 1.72 bits per heavy atom. The topological polar surface area (TPSA) is 64.3 Å². The molecule has 0 radical (unpaired) electrons. The van der Waals surface area contributed by atoms with Gasteiger partial charge in [-0.3, -0.25) is 4.79 Å². The Kier molecular flexibility index (Phi) is 6.41. The average Bonchev–Trinajstić information content (AvgIpc) is 2.59. The van der Waals surface area contributed by atoms with Gasteiger partial charge in [0.1, 0.15) is 12.4 Å². The largest absolute Gasteiger partial charge is 0.492 e. The van der Waals surface area contributed by atoms with E-state index in [0.717, 1.165) is 0 Å². The van der Waals surface area contributed by atoms with Crippen molar-refractivity contribution in [2.24, 2.45) is 5.73 Å². The van der Waals surface area contributed by atoms with E-state index in [-0.39, 0.29) is 5.56 Å². The molecule has 1 amide bonds. The van der Waals surface area contributed by atoms with Crippen molar-refractivity contribution >= 4 is 11.6 Å². The van der Waals surface area contributed by atoms with Gasteiger partial charge in [0.25, 0.3) is 0 Å². The smallest absolute Gasteiger partial charge is 0.396 e. The van der Waals surface area contributed by atoms with Gasteiger partial charge >= 0.3 is 6.18 Å². The highest BCUT2D eigenvalue weighted by atomic mass is 19.4. The van der Waals surface area contributed by atoms with Crippen LogP contribution in [0.3, 0.4) is 0 Å². The van der Waals surface area contributed by atoms with Crippen molar-refractivity contribution < 1.29 is 22.7 Å². The number of amides is 1. The Labute approximate surface area is 143 Å². The molecule has 2 rings (SSSR count). The number of carbonyl (C=O) groups excluding carboxylic acids is 1. The molecule has 3 N–H and O–H groups in total. The molecule has 4 nitrogen and oxygen atoms in total. The fraction of sp³-hybridized carbons (Fsp3) is 0.278. The van der Waals surface area contributed by atoms with Crippen LogP contribution in [0.25, 0.3) is 0 Å². The predicted molar refractivity (Wildman–Crippen MR) is 89.5 cm³/mol. The number of carbonyl (C=O) groups is 1. The van der Waals surface area contributed by atoms with Crippen molar-refractivity contribution in [3.05, 3.63) is 60.2 Å². The minimum Gasteiger partial charge on any atom is -0.492 e. The van der Waals surface area contributed by atoms with Crippen LogP contribution >= 0.6 is 0 Å². The molecule has 2 aromatic carbocycles. The first-order chi connectivity index (χ1) is 11.9. The lowest BCUT2D eigenvalue weighted by molar-refractivity contribution is -0.155. The molecule has 0 bridgehead atoms. The van der Waals surface area contributed by atoms with Crippen LogP contribution in [0.5, 0.6) is 5.75 Å².